The van der Waals surface area contributed by atoms with Crippen molar-refractivity contribution in [1.29, 1.82) is 0 Å². The Hall–Kier alpha value is -5.72. The van der Waals surface area contributed by atoms with Gasteiger partial charge in [0.25, 0.3) is 0 Å². The molecule has 0 radical (unpaired) electrons. The Bertz CT molecular complexity index is 2620. The van der Waals surface area contributed by atoms with Crippen molar-refractivity contribution in [2.45, 2.75) is 6.42 Å². The minimum absolute atomic E-state index is 0.967. The van der Waals surface area contributed by atoms with Gasteiger partial charge in [-0.15, -0.1) is 0 Å². The zero-order valence-corrected chi connectivity index (χ0v) is 24.7. The summed E-state index contributed by atoms with van der Waals surface area (Å²) in [6, 6.07) is 58.6. The summed E-state index contributed by atoms with van der Waals surface area (Å²) >= 11 is 0. The second-order valence-corrected chi connectivity index (χ2v) is 12.4. The number of benzene rings is 9. The molecule has 9 aromatic rings. The van der Waals surface area contributed by atoms with Crippen LogP contribution in [0, 0.1) is 0 Å². The van der Waals surface area contributed by atoms with Crippen LogP contribution in [0.3, 0.4) is 0 Å². The van der Waals surface area contributed by atoms with Gasteiger partial charge in [-0.2, -0.15) is 0 Å². The molecule has 0 spiro atoms. The first-order valence-corrected chi connectivity index (χ1v) is 15.8. The van der Waals surface area contributed by atoms with Crippen LogP contribution < -0.4 is 0 Å². The molecule has 0 bridgehead atoms. The van der Waals surface area contributed by atoms with Crippen molar-refractivity contribution in [1.82, 2.24) is 0 Å². The van der Waals surface area contributed by atoms with Crippen LogP contribution in [0.15, 0.2) is 158 Å². The average molecular weight is 569 g/mol. The molecule has 0 heterocycles. The third kappa shape index (κ3) is 3.54. The maximum atomic E-state index is 2.50. The summed E-state index contributed by atoms with van der Waals surface area (Å²) in [5.74, 6) is 0. The number of hydrogen-bond donors (Lipinski definition) is 0. The second-order valence-electron chi connectivity index (χ2n) is 12.4. The maximum Gasteiger partial charge on any atom is -0.000111 e. The van der Waals surface area contributed by atoms with Crippen LogP contribution in [-0.2, 0) is 6.42 Å². The molecule has 0 N–H and O–H groups in total. The van der Waals surface area contributed by atoms with E-state index in [1.807, 2.05) is 0 Å². The molecular weight excluding hydrogens is 540 g/mol. The topological polar surface area (TPSA) is 0 Å². The smallest absolute Gasteiger partial charge is 0.000111 e. The van der Waals surface area contributed by atoms with Crippen molar-refractivity contribution in [3.8, 4) is 33.4 Å². The Balaban J connectivity index is 1.33. The predicted molar refractivity (Wildman–Crippen MR) is 193 cm³/mol. The molecule has 208 valence electrons. The number of rotatable bonds is 2. The van der Waals surface area contributed by atoms with Gasteiger partial charge in [0.05, 0.1) is 0 Å². The zero-order chi connectivity index (χ0) is 29.5. The van der Waals surface area contributed by atoms with Crippen LogP contribution >= 0.6 is 0 Å². The van der Waals surface area contributed by atoms with Crippen LogP contribution in [-0.4, -0.2) is 0 Å². The third-order valence-corrected chi connectivity index (χ3v) is 10.1. The summed E-state index contributed by atoms with van der Waals surface area (Å²) in [5.41, 5.74) is 10.8. The molecule has 10 rings (SSSR count). The van der Waals surface area contributed by atoms with Crippen molar-refractivity contribution in [2.24, 2.45) is 0 Å². The lowest BCUT2D eigenvalue weighted by Crippen LogP contribution is -1.93. The molecular formula is C45H28. The lowest BCUT2D eigenvalue weighted by atomic mass is 9.83. The fraction of sp³-hybridized carbons (Fsp3) is 0.0222. The third-order valence-electron chi connectivity index (χ3n) is 10.1. The Morgan fingerprint density at radius 3 is 1.51 bits per heavy atom. The molecule has 0 nitrogen and oxygen atoms in total. The molecule has 0 aromatic heterocycles. The fourth-order valence-electron chi connectivity index (χ4n) is 8.10. The van der Waals surface area contributed by atoms with Crippen LogP contribution in [0.25, 0.3) is 87.2 Å². The minimum atomic E-state index is 0.967. The zero-order valence-electron chi connectivity index (χ0n) is 24.7. The van der Waals surface area contributed by atoms with E-state index in [1.54, 1.807) is 0 Å². The van der Waals surface area contributed by atoms with Gasteiger partial charge in [0.15, 0.2) is 0 Å². The molecule has 0 saturated carbocycles. The van der Waals surface area contributed by atoms with Crippen molar-refractivity contribution >= 4 is 53.9 Å². The first-order valence-electron chi connectivity index (χ1n) is 15.8. The van der Waals surface area contributed by atoms with Crippen LogP contribution in [0.1, 0.15) is 11.1 Å². The van der Waals surface area contributed by atoms with Crippen molar-refractivity contribution < 1.29 is 0 Å². The molecule has 0 saturated heterocycles. The lowest BCUT2D eigenvalue weighted by Gasteiger charge is -2.20. The van der Waals surface area contributed by atoms with E-state index in [1.165, 1.54) is 98.4 Å². The van der Waals surface area contributed by atoms with E-state index >= 15 is 0 Å². The maximum absolute atomic E-state index is 2.50. The summed E-state index contributed by atoms with van der Waals surface area (Å²) in [6.07, 6.45) is 0.967. The van der Waals surface area contributed by atoms with Crippen LogP contribution in [0.2, 0.25) is 0 Å². The van der Waals surface area contributed by atoms with E-state index in [2.05, 4.69) is 158 Å². The fourth-order valence-corrected chi connectivity index (χ4v) is 8.10. The standard InChI is InChI=1S/C45H28/c1-2-13-30-25-31(22-21-28(30)11-1)44-36-17-7-9-19-38(36)45(39-20-10-8-18-37(39)44)43-27-42-35-24-23-29-12-3-4-14-32(29)40(35)26-41(42)33-15-5-6-16-34(33)43/h1-25,27H,26H2. The highest BCUT2D eigenvalue weighted by Crippen LogP contribution is 2.50. The van der Waals surface area contributed by atoms with E-state index in [0.717, 1.165) is 6.42 Å². The molecule has 0 aliphatic heterocycles. The minimum Gasteiger partial charge on any atom is -0.0616 e. The van der Waals surface area contributed by atoms with Gasteiger partial charge in [0.1, 0.15) is 0 Å². The summed E-state index contributed by atoms with van der Waals surface area (Å²) in [5, 5.41) is 13.1. The largest absolute Gasteiger partial charge is 0.0616 e. The Labute approximate surface area is 261 Å². The van der Waals surface area contributed by atoms with Crippen molar-refractivity contribution in [3.63, 3.8) is 0 Å². The molecule has 0 unspecified atom stereocenters. The molecule has 1 aliphatic carbocycles. The molecule has 0 fully saturated rings. The molecule has 0 atom stereocenters. The van der Waals surface area contributed by atoms with E-state index in [0.29, 0.717) is 0 Å². The summed E-state index contributed by atoms with van der Waals surface area (Å²) in [4.78, 5) is 0. The number of fused-ring (bicyclic) bond motifs is 10. The Kier molecular flexibility index (Phi) is 5.15. The highest BCUT2D eigenvalue weighted by atomic mass is 14.3. The second kappa shape index (κ2) is 9.39. The first kappa shape index (κ1) is 24.7. The van der Waals surface area contributed by atoms with Gasteiger partial charge in [0.2, 0.25) is 0 Å². The highest BCUT2D eigenvalue weighted by molar-refractivity contribution is 6.24. The first-order chi connectivity index (χ1) is 22.3. The lowest BCUT2D eigenvalue weighted by molar-refractivity contribution is 1.31. The van der Waals surface area contributed by atoms with Gasteiger partial charge in [-0.1, -0.05) is 146 Å². The molecule has 45 heavy (non-hydrogen) atoms. The van der Waals surface area contributed by atoms with Crippen molar-refractivity contribution in [3.05, 3.63) is 169 Å². The van der Waals surface area contributed by atoms with Gasteiger partial charge >= 0.3 is 0 Å². The van der Waals surface area contributed by atoms with Crippen LogP contribution in [0.5, 0.6) is 0 Å². The quantitative estimate of drug-likeness (QED) is 0.182. The summed E-state index contributed by atoms with van der Waals surface area (Å²) in [7, 11) is 0. The molecule has 9 aromatic carbocycles. The van der Waals surface area contributed by atoms with Gasteiger partial charge in [-0.05, 0) is 117 Å². The van der Waals surface area contributed by atoms with E-state index in [9.17, 15) is 0 Å². The van der Waals surface area contributed by atoms with E-state index in [-0.39, 0.29) is 0 Å². The monoisotopic (exact) mass is 568 g/mol. The van der Waals surface area contributed by atoms with Crippen LogP contribution in [0.4, 0.5) is 0 Å². The van der Waals surface area contributed by atoms with Gasteiger partial charge in [-0.3, -0.25) is 0 Å². The predicted octanol–water partition coefficient (Wildman–Crippen LogP) is 12.4. The molecule has 1 aliphatic rings. The highest BCUT2D eigenvalue weighted by Gasteiger charge is 2.26. The van der Waals surface area contributed by atoms with Gasteiger partial charge in [0, 0.05) is 0 Å². The van der Waals surface area contributed by atoms with E-state index in [4.69, 9.17) is 0 Å². The number of hydrogen-bond acceptors (Lipinski definition) is 0. The Morgan fingerprint density at radius 2 is 0.800 bits per heavy atom. The van der Waals surface area contributed by atoms with E-state index < -0.39 is 0 Å². The summed E-state index contributed by atoms with van der Waals surface area (Å²) < 4.78 is 0. The van der Waals surface area contributed by atoms with Gasteiger partial charge < -0.3 is 0 Å². The van der Waals surface area contributed by atoms with Gasteiger partial charge in [-0.25, -0.2) is 0 Å². The normalized spacial score (nSPS) is 12.4. The SMILES string of the molecule is c1ccc2cc(-c3c4ccccc4c(-c4cc5c(c6ccccc46)Cc4c-5ccc5ccccc45)c4ccccc34)ccc2c1. The van der Waals surface area contributed by atoms with Crippen molar-refractivity contribution in [2.75, 3.05) is 0 Å². The Morgan fingerprint density at radius 1 is 0.289 bits per heavy atom. The molecule has 0 heteroatoms. The molecule has 0 amide bonds. The average Bonchev–Trinajstić information content (AvgIpc) is 3.49. The summed E-state index contributed by atoms with van der Waals surface area (Å²) in [6.45, 7) is 0.